The first-order valence-corrected chi connectivity index (χ1v) is 5.50. The van der Waals surface area contributed by atoms with Gasteiger partial charge in [-0.05, 0) is 18.6 Å². The fourth-order valence-electron chi connectivity index (χ4n) is 2.24. The number of fused-ring (bicyclic) bond motifs is 1. The fraction of sp³-hybridized carbons (Fsp3) is 0.308. The number of rotatable bonds is 1. The van der Waals surface area contributed by atoms with Crippen LogP contribution in [0.4, 0.5) is 0 Å². The Hall–Kier alpha value is -1.77. The Bertz CT molecular complexity index is 556. The van der Waals surface area contributed by atoms with Crippen molar-refractivity contribution in [1.29, 1.82) is 0 Å². The summed E-state index contributed by atoms with van der Waals surface area (Å²) in [6.07, 6.45) is 0.541. The maximum absolute atomic E-state index is 11.2. The van der Waals surface area contributed by atoms with Gasteiger partial charge in [0.1, 0.15) is 11.3 Å². The summed E-state index contributed by atoms with van der Waals surface area (Å²) in [4.78, 5) is 11.2. The van der Waals surface area contributed by atoms with Gasteiger partial charge in [-0.1, -0.05) is 18.2 Å². The van der Waals surface area contributed by atoms with Gasteiger partial charge in [0.25, 0.3) is 0 Å². The molecule has 1 N–H and O–H groups in total. The zero-order valence-electron chi connectivity index (χ0n) is 9.12. The molecule has 3 nitrogen and oxygen atoms in total. The van der Waals surface area contributed by atoms with Gasteiger partial charge in [0, 0.05) is 24.3 Å². The van der Waals surface area contributed by atoms with E-state index < -0.39 is 0 Å². The number of hydrogen-bond donors (Lipinski definition) is 1. The van der Waals surface area contributed by atoms with Gasteiger partial charge in [0.15, 0.2) is 0 Å². The number of amides is 1. The number of hydrogen-bond acceptors (Lipinski definition) is 2. The largest absolute Gasteiger partial charge is 0.460 e. The van der Waals surface area contributed by atoms with E-state index in [0.717, 1.165) is 22.3 Å². The normalized spacial score (nSPS) is 20.3. The molecule has 82 valence electrons. The van der Waals surface area contributed by atoms with E-state index in [4.69, 9.17) is 4.42 Å². The third-order valence-electron chi connectivity index (χ3n) is 3.14. The first-order chi connectivity index (χ1) is 7.74. The van der Waals surface area contributed by atoms with Crippen LogP contribution in [0.3, 0.4) is 0 Å². The number of nitrogens with one attached hydrogen (secondary N) is 1. The summed E-state index contributed by atoms with van der Waals surface area (Å²) in [6, 6.07) is 8.15. The first kappa shape index (κ1) is 9.46. The summed E-state index contributed by atoms with van der Waals surface area (Å²) in [5, 5.41) is 3.95. The highest BCUT2D eigenvalue weighted by molar-refractivity contribution is 5.82. The van der Waals surface area contributed by atoms with E-state index in [-0.39, 0.29) is 11.8 Å². The fourth-order valence-corrected chi connectivity index (χ4v) is 2.24. The molecule has 3 heteroatoms. The van der Waals surface area contributed by atoms with Crippen molar-refractivity contribution in [2.24, 2.45) is 0 Å². The molecule has 2 heterocycles. The number of para-hydroxylation sites is 1. The van der Waals surface area contributed by atoms with E-state index >= 15 is 0 Å². The van der Waals surface area contributed by atoms with E-state index in [1.165, 1.54) is 0 Å². The van der Waals surface area contributed by atoms with Crippen molar-refractivity contribution in [2.75, 3.05) is 6.54 Å². The van der Waals surface area contributed by atoms with Gasteiger partial charge >= 0.3 is 0 Å². The lowest BCUT2D eigenvalue weighted by atomic mass is 10.1. The molecule has 3 rings (SSSR count). The molecule has 1 aliphatic heterocycles. The van der Waals surface area contributed by atoms with Gasteiger partial charge in [-0.25, -0.2) is 0 Å². The maximum Gasteiger partial charge on any atom is 0.220 e. The van der Waals surface area contributed by atoms with Crippen LogP contribution in [0.2, 0.25) is 0 Å². The monoisotopic (exact) mass is 215 g/mol. The highest BCUT2D eigenvalue weighted by Crippen LogP contribution is 2.30. The van der Waals surface area contributed by atoms with Crippen LogP contribution in [-0.4, -0.2) is 12.5 Å². The molecule has 1 atom stereocenters. The lowest BCUT2D eigenvalue weighted by Crippen LogP contribution is -2.13. The number of furan rings is 1. The van der Waals surface area contributed by atoms with E-state index in [1.807, 2.05) is 31.2 Å². The highest BCUT2D eigenvalue weighted by atomic mass is 16.3. The second kappa shape index (κ2) is 3.37. The smallest absolute Gasteiger partial charge is 0.220 e. The van der Waals surface area contributed by atoms with Crippen molar-refractivity contribution in [1.82, 2.24) is 5.32 Å². The van der Waals surface area contributed by atoms with Crippen molar-refractivity contribution in [3.8, 4) is 0 Å². The summed E-state index contributed by atoms with van der Waals surface area (Å²) in [6.45, 7) is 2.73. The molecule has 1 aliphatic rings. The molecule has 2 aromatic rings. The van der Waals surface area contributed by atoms with Gasteiger partial charge in [0.2, 0.25) is 5.91 Å². The van der Waals surface area contributed by atoms with Crippen LogP contribution in [0.25, 0.3) is 11.0 Å². The molecule has 0 aliphatic carbocycles. The molecule has 1 amide bonds. The molecule has 1 saturated heterocycles. The molecule has 1 unspecified atom stereocenters. The summed E-state index contributed by atoms with van der Waals surface area (Å²) >= 11 is 0. The Morgan fingerprint density at radius 3 is 3.00 bits per heavy atom. The molecule has 16 heavy (non-hydrogen) atoms. The minimum absolute atomic E-state index is 0.113. The Balaban J connectivity index is 2.05. The van der Waals surface area contributed by atoms with Crippen LogP contribution >= 0.6 is 0 Å². The molecule has 1 fully saturated rings. The third kappa shape index (κ3) is 1.40. The second-order valence-electron chi connectivity index (χ2n) is 4.35. The predicted molar refractivity (Wildman–Crippen MR) is 61.3 cm³/mol. The summed E-state index contributed by atoms with van der Waals surface area (Å²) in [5.74, 6) is 1.23. The maximum atomic E-state index is 11.2. The van der Waals surface area contributed by atoms with Gasteiger partial charge in [-0.3, -0.25) is 4.79 Å². The minimum atomic E-state index is 0.113. The first-order valence-electron chi connectivity index (χ1n) is 5.50. The quantitative estimate of drug-likeness (QED) is 0.793. The summed E-state index contributed by atoms with van der Waals surface area (Å²) in [7, 11) is 0. The third-order valence-corrected chi connectivity index (χ3v) is 3.14. The molecule has 0 radical (unpaired) electrons. The van der Waals surface area contributed by atoms with Crippen LogP contribution in [0.5, 0.6) is 0 Å². The number of benzene rings is 1. The van der Waals surface area contributed by atoms with Crippen LogP contribution < -0.4 is 5.32 Å². The van der Waals surface area contributed by atoms with E-state index in [2.05, 4.69) is 5.32 Å². The summed E-state index contributed by atoms with van der Waals surface area (Å²) < 4.78 is 5.84. The highest BCUT2D eigenvalue weighted by Gasteiger charge is 2.26. The lowest BCUT2D eigenvalue weighted by molar-refractivity contribution is -0.119. The molecule has 0 spiro atoms. The van der Waals surface area contributed by atoms with Crippen molar-refractivity contribution in [2.45, 2.75) is 19.3 Å². The lowest BCUT2D eigenvalue weighted by Gasteiger charge is -2.00. The number of carbonyl (C=O) groups excluding carboxylic acids is 1. The molecule has 0 bridgehead atoms. The van der Waals surface area contributed by atoms with Crippen molar-refractivity contribution >= 4 is 16.9 Å². The average Bonchev–Trinajstić information content (AvgIpc) is 2.84. The van der Waals surface area contributed by atoms with Crippen molar-refractivity contribution in [3.63, 3.8) is 0 Å². The Kier molecular flexibility index (Phi) is 1.99. The predicted octanol–water partition coefficient (Wildman–Crippen LogP) is 2.34. The average molecular weight is 215 g/mol. The van der Waals surface area contributed by atoms with Crippen LogP contribution in [-0.2, 0) is 4.79 Å². The van der Waals surface area contributed by atoms with Gasteiger partial charge < -0.3 is 9.73 Å². The number of carbonyl (C=O) groups is 1. The summed E-state index contributed by atoms with van der Waals surface area (Å²) in [5.41, 5.74) is 2.08. The standard InChI is InChI=1S/C13H13NO2/c1-8-3-2-4-9-5-11(16-13(8)9)10-6-12(15)14-7-10/h2-5,10H,6-7H2,1H3,(H,14,15). The van der Waals surface area contributed by atoms with E-state index in [1.54, 1.807) is 0 Å². The van der Waals surface area contributed by atoms with Crippen LogP contribution in [0, 0.1) is 6.92 Å². The Morgan fingerprint density at radius 1 is 1.44 bits per heavy atom. The van der Waals surface area contributed by atoms with E-state index in [9.17, 15) is 4.79 Å². The molecule has 1 aromatic heterocycles. The van der Waals surface area contributed by atoms with Crippen molar-refractivity contribution in [3.05, 3.63) is 35.6 Å². The molecular weight excluding hydrogens is 202 g/mol. The number of aryl methyl sites for hydroxylation is 1. The SMILES string of the molecule is Cc1cccc2cc(C3CNC(=O)C3)oc12. The van der Waals surface area contributed by atoms with Crippen LogP contribution in [0.1, 0.15) is 23.7 Å². The minimum Gasteiger partial charge on any atom is -0.460 e. The van der Waals surface area contributed by atoms with Crippen LogP contribution in [0.15, 0.2) is 28.7 Å². The van der Waals surface area contributed by atoms with E-state index in [0.29, 0.717) is 13.0 Å². The topological polar surface area (TPSA) is 42.2 Å². The van der Waals surface area contributed by atoms with Gasteiger partial charge in [-0.15, -0.1) is 0 Å². The zero-order valence-corrected chi connectivity index (χ0v) is 9.12. The Labute approximate surface area is 93.4 Å². The zero-order chi connectivity index (χ0) is 11.1. The second-order valence-corrected chi connectivity index (χ2v) is 4.35. The molecule has 1 aromatic carbocycles. The Morgan fingerprint density at radius 2 is 2.31 bits per heavy atom. The van der Waals surface area contributed by atoms with Gasteiger partial charge in [-0.2, -0.15) is 0 Å². The van der Waals surface area contributed by atoms with Crippen molar-refractivity contribution < 1.29 is 9.21 Å². The molecular formula is C13H13NO2. The molecule has 0 saturated carbocycles. The van der Waals surface area contributed by atoms with Gasteiger partial charge in [0.05, 0.1) is 0 Å².